The van der Waals surface area contributed by atoms with Crippen molar-refractivity contribution < 1.29 is 14.3 Å². The Labute approximate surface area is 199 Å². The Balaban J connectivity index is 1.32. The van der Waals surface area contributed by atoms with Crippen molar-refractivity contribution in [3.8, 4) is 5.75 Å². The molecule has 1 aromatic heterocycles. The summed E-state index contributed by atoms with van der Waals surface area (Å²) in [5.41, 5.74) is 3.12. The number of carbonyl (C=O) groups excluding carboxylic acids is 2. The third kappa shape index (κ3) is 3.98. The summed E-state index contributed by atoms with van der Waals surface area (Å²) in [6, 6.07) is 11.7. The average Bonchev–Trinajstić information content (AvgIpc) is 3.12. The van der Waals surface area contributed by atoms with Gasteiger partial charge in [0.25, 0.3) is 5.91 Å². The molecular formula is C24H20Cl2N2O3S. The van der Waals surface area contributed by atoms with E-state index in [-0.39, 0.29) is 22.7 Å². The fraction of sp³-hybridized carbons (Fsp3) is 0.250. The second-order valence-electron chi connectivity index (χ2n) is 8.19. The molecule has 0 radical (unpaired) electrons. The third-order valence-electron chi connectivity index (χ3n) is 5.86. The monoisotopic (exact) mass is 486 g/mol. The molecule has 1 amide bonds. The van der Waals surface area contributed by atoms with Crippen molar-refractivity contribution in [1.82, 2.24) is 5.32 Å². The standard InChI is InChI=1S/C24H20Cl2N2O3S/c1-12-2-8-17-19(10-12)32-23-20(17)22(29)27-21(28-23)13-3-6-15(7-4-13)31-24(30)16-9-5-14(25)11-18(16)26/h3-7,9,11-12,21,28H,2,8,10H2,1H3,(H,27,29)/t12-,21-/m1/s1. The van der Waals surface area contributed by atoms with Gasteiger partial charge >= 0.3 is 5.97 Å². The van der Waals surface area contributed by atoms with Gasteiger partial charge in [-0.1, -0.05) is 42.3 Å². The topological polar surface area (TPSA) is 67.4 Å². The summed E-state index contributed by atoms with van der Waals surface area (Å²) in [5.74, 6) is 0.433. The van der Waals surface area contributed by atoms with Crippen LogP contribution < -0.4 is 15.4 Å². The highest BCUT2D eigenvalue weighted by Crippen LogP contribution is 2.42. The van der Waals surface area contributed by atoms with E-state index in [4.69, 9.17) is 27.9 Å². The molecule has 3 aromatic rings. The van der Waals surface area contributed by atoms with E-state index in [0.29, 0.717) is 16.7 Å². The van der Waals surface area contributed by atoms with Gasteiger partial charge in [-0.2, -0.15) is 0 Å². The van der Waals surface area contributed by atoms with Crippen LogP contribution in [0.15, 0.2) is 42.5 Å². The van der Waals surface area contributed by atoms with Crippen LogP contribution in [-0.2, 0) is 12.8 Å². The summed E-state index contributed by atoms with van der Waals surface area (Å²) in [6.45, 7) is 2.26. The molecule has 164 valence electrons. The molecule has 32 heavy (non-hydrogen) atoms. The lowest BCUT2D eigenvalue weighted by atomic mass is 9.88. The lowest BCUT2D eigenvalue weighted by molar-refractivity contribution is 0.0734. The summed E-state index contributed by atoms with van der Waals surface area (Å²) in [4.78, 5) is 26.6. The van der Waals surface area contributed by atoms with Crippen molar-refractivity contribution in [2.75, 3.05) is 5.32 Å². The zero-order valence-electron chi connectivity index (χ0n) is 17.2. The molecular weight excluding hydrogens is 467 g/mol. The molecule has 5 nitrogen and oxygen atoms in total. The van der Waals surface area contributed by atoms with E-state index in [1.165, 1.54) is 22.6 Å². The molecule has 1 aliphatic heterocycles. The third-order valence-corrected chi connectivity index (χ3v) is 7.60. The molecule has 2 heterocycles. The van der Waals surface area contributed by atoms with Gasteiger partial charge in [-0.3, -0.25) is 4.79 Å². The Morgan fingerprint density at radius 3 is 2.66 bits per heavy atom. The number of nitrogens with one attached hydrogen (secondary N) is 2. The molecule has 8 heteroatoms. The highest BCUT2D eigenvalue weighted by molar-refractivity contribution is 7.16. The minimum Gasteiger partial charge on any atom is -0.423 e. The molecule has 2 atom stereocenters. The molecule has 2 N–H and O–H groups in total. The Bertz CT molecular complexity index is 1220. The number of rotatable bonds is 3. The van der Waals surface area contributed by atoms with E-state index in [2.05, 4.69) is 17.6 Å². The van der Waals surface area contributed by atoms with Crippen molar-refractivity contribution in [2.24, 2.45) is 5.92 Å². The molecule has 0 unspecified atom stereocenters. The number of thiophene rings is 1. The number of halogens is 2. The summed E-state index contributed by atoms with van der Waals surface area (Å²) in [7, 11) is 0. The molecule has 0 spiro atoms. The van der Waals surface area contributed by atoms with Gasteiger partial charge in [-0.15, -0.1) is 11.3 Å². The van der Waals surface area contributed by atoms with Gasteiger partial charge in [-0.25, -0.2) is 4.79 Å². The summed E-state index contributed by atoms with van der Waals surface area (Å²) >= 11 is 13.7. The normalized spacial score (nSPS) is 19.4. The average molecular weight is 487 g/mol. The van der Waals surface area contributed by atoms with Crippen LogP contribution in [0.3, 0.4) is 0 Å². The molecule has 5 rings (SSSR count). The summed E-state index contributed by atoms with van der Waals surface area (Å²) < 4.78 is 5.43. The second kappa shape index (κ2) is 8.43. The first-order valence-corrected chi connectivity index (χ1v) is 12.0. The number of benzene rings is 2. The van der Waals surface area contributed by atoms with E-state index in [9.17, 15) is 9.59 Å². The smallest absolute Gasteiger partial charge is 0.345 e. The Hall–Kier alpha value is -2.54. The quantitative estimate of drug-likeness (QED) is 0.339. The Kier molecular flexibility index (Phi) is 5.61. The van der Waals surface area contributed by atoms with Crippen LogP contribution >= 0.6 is 34.5 Å². The number of amides is 1. The summed E-state index contributed by atoms with van der Waals surface area (Å²) in [5, 5.41) is 8.13. The van der Waals surface area contributed by atoms with Crippen LogP contribution in [0.1, 0.15) is 56.2 Å². The Morgan fingerprint density at radius 1 is 1.12 bits per heavy atom. The van der Waals surface area contributed by atoms with Crippen LogP contribution in [-0.4, -0.2) is 11.9 Å². The fourth-order valence-corrected chi connectivity index (χ4v) is 6.10. The van der Waals surface area contributed by atoms with Crippen molar-refractivity contribution >= 4 is 51.4 Å². The SMILES string of the molecule is C[C@@H]1CCc2c(sc3c2C(=O)N[C@@H](c2ccc(OC(=O)c4ccc(Cl)cc4Cl)cc2)N3)C1. The minimum absolute atomic E-state index is 0.0383. The lowest BCUT2D eigenvalue weighted by Gasteiger charge is -2.27. The molecule has 0 saturated carbocycles. The van der Waals surface area contributed by atoms with Gasteiger partial charge in [0.15, 0.2) is 0 Å². The van der Waals surface area contributed by atoms with Gasteiger partial charge in [0.2, 0.25) is 0 Å². The zero-order chi connectivity index (χ0) is 22.4. The van der Waals surface area contributed by atoms with Crippen LogP contribution in [0.5, 0.6) is 5.75 Å². The first-order chi connectivity index (χ1) is 15.4. The van der Waals surface area contributed by atoms with Crippen molar-refractivity contribution in [2.45, 2.75) is 32.4 Å². The second-order valence-corrected chi connectivity index (χ2v) is 10.1. The van der Waals surface area contributed by atoms with Gasteiger partial charge < -0.3 is 15.4 Å². The highest BCUT2D eigenvalue weighted by Gasteiger charge is 2.33. The van der Waals surface area contributed by atoms with Gasteiger partial charge in [-0.05, 0) is 66.6 Å². The van der Waals surface area contributed by atoms with Crippen LogP contribution in [0.2, 0.25) is 10.0 Å². The number of carbonyl (C=O) groups is 2. The maximum absolute atomic E-state index is 12.9. The molecule has 0 saturated heterocycles. The number of anilines is 1. The predicted molar refractivity (Wildman–Crippen MR) is 127 cm³/mol. The molecule has 0 fully saturated rings. The van der Waals surface area contributed by atoms with E-state index >= 15 is 0 Å². The first kappa shape index (κ1) is 21.3. The first-order valence-electron chi connectivity index (χ1n) is 10.4. The maximum Gasteiger partial charge on any atom is 0.345 e. The van der Waals surface area contributed by atoms with Gasteiger partial charge in [0.05, 0.1) is 16.1 Å². The zero-order valence-corrected chi connectivity index (χ0v) is 19.5. The van der Waals surface area contributed by atoms with E-state index in [1.54, 1.807) is 29.5 Å². The van der Waals surface area contributed by atoms with Crippen molar-refractivity contribution in [1.29, 1.82) is 0 Å². The van der Waals surface area contributed by atoms with Crippen molar-refractivity contribution in [3.63, 3.8) is 0 Å². The van der Waals surface area contributed by atoms with Crippen LogP contribution in [0, 0.1) is 5.92 Å². The lowest BCUT2D eigenvalue weighted by Crippen LogP contribution is -2.38. The Morgan fingerprint density at radius 2 is 1.91 bits per heavy atom. The van der Waals surface area contributed by atoms with Crippen LogP contribution in [0.25, 0.3) is 0 Å². The number of ether oxygens (including phenoxy) is 1. The highest BCUT2D eigenvalue weighted by atomic mass is 35.5. The molecule has 2 aromatic carbocycles. The summed E-state index contributed by atoms with van der Waals surface area (Å²) in [6.07, 6.45) is 2.77. The minimum atomic E-state index is -0.563. The van der Waals surface area contributed by atoms with Gasteiger partial charge in [0, 0.05) is 9.90 Å². The number of hydrogen-bond acceptors (Lipinski definition) is 5. The van der Waals surface area contributed by atoms with E-state index < -0.39 is 5.97 Å². The van der Waals surface area contributed by atoms with Gasteiger partial charge in [0.1, 0.15) is 16.9 Å². The number of esters is 1. The predicted octanol–water partition coefficient (Wildman–Crippen LogP) is 6.25. The number of hydrogen-bond donors (Lipinski definition) is 2. The van der Waals surface area contributed by atoms with E-state index in [0.717, 1.165) is 35.4 Å². The van der Waals surface area contributed by atoms with Crippen LogP contribution in [0.4, 0.5) is 5.00 Å². The largest absolute Gasteiger partial charge is 0.423 e. The van der Waals surface area contributed by atoms with Crippen molar-refractivity contribution in [3.05, 3.63) is 79.6 Å². The number of fused-ring (bicyclic) bond motifs is 3. The molecule has 1 aliphatic carbocycles. The fourth-order valence-electron chi connectivity index (χ4n) is 4.18. The maximum atomic E-state index is 12.9. The molecule has 2 aliphatic rings. The van der Waals surface area contributed by atoms with E-state index in [1.807, 2.05) is 12.1 Å². The molecule has 0 bridgehead atoms.